The van der Waals surface area contributed by atoms with Crippen molar-refractivity contribution >= 4 is 28.7 Å². The first kappa shape index (κ1) is 24.4. The van der Waals surface area contributed by atoms with Crippen LogP contribution in [-0.4, -0.2) is 39.3 Å². The van der Waals surface area contributed by atoms with Gasteiger partial charge in [0.25, 0.3) is 0 Å². The van der Waals surface area contributed by atoms with Gasteiger partial charge in [-0.25, -0.2) is 4.79 Å². The number of benzene rings is 2. The number of aryl methyl sites for hydroxylation is 2. The number of piperidine rings is 1. The van der Waals surface area contributed by atoms with E-state index in [2.05, 4.69) is 4.98 Å². The molecule has 0 amide bonds. The Hall–Kier alpha value is -2.75. The van der Waals surface area contributed by atoms with Gasteiger partial charge in [0.1, 0.15) is 0 Å². The number of carboxylic acid groups (broad SMARTS) is 1. The molecule has 10 heteroatoms. The summed E-state index contributed by atoms with van der Waals surface area (Å²) in [6.45, 7) is 5.02. The molecule has 0 unspecified atom stereocenters. The maximum Gasteiger partial charge on any atom is 0.512 e. The molecule has 182 valence electrons. The minimum atomic E-state index is -4.61. The Balaban J connectivity index is 1.58. The number of hydrogen-bond donors (Lipinski definition) is 3. The van der Waals surface area contributed by atoms with Gasteiger partial charge in [-0.1, -0.05) is 23.7 Å². The summed E-state index contributed by atoms with van der Waals surface area (Å²) in [6, 6.07) is 7.42. The number of aliphatic hydroxyl groups is 1. The number of fused-ring (bicyclic) bond motifs is 1. The maximum absolute atomic E-state index is 13.3. The fourth-order valence-corrected chi connectivity index (χ4v) is 4.95. The van der Waals surface area contributed by atoms with Crippen LogP contribution in [0.2, 0.25) is 5.02 Å². The number of likely N-dealkylation sites (tertiary alicyclic amines) is 1. The van der Waals surface area contributed by atoms with E-state index in [-0.39, 0.29) is 24.3 Å². The topological polar surface area (TPSA) is 85.8 Å². The van der Waals surface area contributed by atoms with Crippen LogP contribution in [0.1, 0.15) is 40.7 Å². The second kappa shape index (κ2) is 8.79. The molecule has 4 rings (SSSR count). The predicted molar refractivity (Wildman–Crippen MR) is 121 cm³/mol. The molecule has 0 atom stereocenters. The van der Waals surface area contributed by atoms with Crippen LogP contribution in [0.3, 0.4) is 0 Å². The van der Waals surface area contributed by atoms with Gasteiger partial charge >= 0.3 is 12.3 Å². The average Bonchev–Trinajstić information content (AvgIpc) is 3.05. The highest BCUT2D eigenvalue weighted by Gasteiger charge is 2.38. The Morgan fingerprint density at radius 2 is 1.88 bits per heavy atom. The summed E-state index contributed by atoms with van der Waals surface area (Å²) in [5, 5.41) is 20.8. The van der Waals surface area contributed by atoms with Crippen molar-refractivity contribution in [2.45, 2.75) is 45.0 Å². The largest absolute Gasteiger partial charge is 0.512 e. The first-order valence-electron chi connectivity index (χ1n) is 10.7. The van der Waals surface area contributed by atoms with E-state index >= 15 is 0 Å². The van der Waals surface area contributed by atoms with Gasteiger partial charge in [-0.2, -0.15) is 13.2 Å². The number of nitrogens with one attached hydrogen (secondary N) is 1. The number of halogens is 4. The van der Waals surface area contributed by atoms with Gasteiger partial charge in [0, 0.05) is 36.1 Å². The lowest BCUT2D eigenvalue weighted by atomic mass is 9.83. The Morgan fingerprint density at radius 3 is 2.50 bits per heavy atom. The van der Waals surface area contributed by atoms with E-state index in [9.17, 15) is 23.1 Å². The summed E-state index contributed by atoms with van der Waals surface area (Å²) in [5.74, 6) is 0.143. The van der Waals surface area contributed by atoms with Crippen LogP contribution >= 0.6 is 11.6 Å². The van der Waals surface area contributed by atoms with Crippen LogP contribution in [0.4, 0.5) is 18.0 Å². The summed E-state index contributed by atoms with van der Waals surface area (Å²) < 4.78 is 44.8. The van der Waals surface area contributed by atoms with Gasteiger partial charge in [-0.3, -0.25) is 4.90 Å². The molecule has 2 aromatic carbocycles. The van der Waals surface area contributed by atoms with Crippen LogP contribution < -0.4 is 4.74 Å². The molecule has 0 bridgehead atoms. The summed E-state index contributed by atoms with van der Waals surface area (Å²) >= 11 is 5.72. The molecular weight excluding hydrogens is 473 g/mol. The molecule has 1 aliphatic rings. The fraction of sp³-hybridized carbons (Fsp3) is 0.375. The van der Waals surface area contributed by atoms with Crippen molar-refractivity contribution in [1.82, 2.24) is 9.88 Å². The molecule has 6 nitrogen and oxygen atoms in total. The van der Waals surface area contributed by atoms with Crippen molar-refractivity contribution < 1.29 is 32.9 Å². The van der Waals surface area contributed by atoms with E-state index in [0.29, 0.717) is 25.2 Å². The maximum atomic E-state index is 13.3. The number of H-pyrrole nitrogens is 1. The minimum absolute atomic E-state index is 0.143. The number of carbonyl (C=O) groups is 1. The van der Waals surface area contributed by atoms with Crippen molar-refractivity contribution in [2.75, 3.05) is 13.1 Å². The van der Waals surface area contributed by atoms with Crippen molar-refractivity contribution in [3.05, 3.63) is 63.2 Å². The predicted octanol–water partition coefficient (Wildman–Crippen LogP) is 6.00. The third-order valence-corrected chi connectivity index (χ3v) is 6.70. The monoisotopic (exact) mass is 496 g/mol. The van der Waals surface area contributed by atoms with Crippen LogP contribution in [0.15, 0.2) is 30.3 Å². The lowest BCUT2D eigenvalue weighted by Gasteiger charge is -2.38. The quantitative estimate of drug-likeness (QED) is 0.386. The molecule has 2 heterocycles. The molecular formula is C24H24ClF3N2O4. The molecule has 1 fully saturated rings. The molecule has 1 aromatic heterocycles. The van der Waals surface area contributed by atoms with Crippen molar-refractivity contribution in [2.24, 2.45) is 0 Å². The first-order valence-corrected chi connectivity index (χ1v) is 11.1. The highest BCUT2D eigenvalue weighted by Crippen LogP contribution is 2.41. The van der Waals surface area contributed by atoms with E-state index in [1.807, 2.05) is 30.9 Å². The van der Waals surface area contributed by atoms with Crippen molar-refractivity contribution in [1.29, 1.82) is 0 Å². The molecule has 1 aliphatic heterocycles. The SMILES string of the molecule is Cc1cc(C)c2c(CN3CCC(O)(c4ccc(Cl)c(C(F)(F)F)c4)CC3)c(OC(=O)O)[nH]c2c1. The molecule has 1 saturated heterocycles. The van der Waals surface area contributed by atoms with Gasteiger partial charge < -0.3 is 19.9 Å². The van der Waals surface area contributed by atoms with Crippen molar-refractivity contribution in [3.63, 3.8) is 0 Å². The molecule has 0 spiro atoms. The minimum Gasteiger partial charge on any atom is -0.449 e. The highest BCUT2D eigenvalue weighted by molar-refractivity contribution is 6.31. The molecule has 3 N–H and O–H groups in total. The van der Waals surface area contributed by atoms with E-state index in [0.717, 1.165) is 34.2 Å². The number of rotatable bonds is 4. The third-order valence-electron chi connectivity index (χ3n) is 6.37. The highest BCUT2D eigenvalue weighted by atomic mass is 35.5. The van der Waals surface area contributed by atoms with Crippen LogP contribution in [0.5, 0.6) is 5.88 Å². The second-order valence-electron chi connectivity index (χ2n) is 8.81. The molecule has 3 aromatic rings. The van der Waals surface area contributed by atoms with E-state index in [1.165, 1.54) is 6.07 Å². The number of nitrogens with zero attached hydrogens (tertiary/aromatic N) is 1. The van der Waals surface area contributed by atoms with E-state index in [1.54, 1.807) is 0 Å². The van der Waals surface area contributed by atoms with Crippen molar-refractivity contribution in [3.8, 4) is 5.88 Å². The van der Waals surface area contributed by atoms with Crippen LogP contribution in [0, 0.1) is 13.8 Å². The lowest BCUT2D eigenvalue weighted by Crippen LogP contribution is -2.42. The third kappa shape index (κ3) is 4.73. The summed E-state index contributed by atoms with van der Waals surface area (Å²) in [4.78, 5) is 16.3. The number of hydrogen-bond acceptors (Lipinski definition) is 4. The van der Waals surface area contributed by atoms with E-state index < -0.39 is 28.5 Å². The zero-order valence-electron chi connectivity index (χ0n) is 18.6. The number of aromatic amines is 1. The Kier molecular flexibility index (Phi) is 6.30. The van der Waals surface area contributed by atoms with Crippen LogP contribution in [0.25, 0.3) is 10.9 Å². The van der Waals surface area contributed by atoms with Crippen LogP contribution in [-0.2, 0) is 18.3 Å². The average molecular weight is 497 g/mol. The number of ether oxygens (including phenoxy) is 1. The van der Waals surface area contributed by atoms with E-state index in [4.69, 9.17) is 21.4 Å². The summed E-state index contributed by atoms with van der Waals surface area (Å²) in [6.07, 6.45) is -5.63. The normalized spacial score (nSPS) is 16.7. The van der Waals surface area contributed by atoms with Gasteiger partial charge in [-0.05, 0) is 61.6 Å². The molecule has 34 heavy (non-hydrogen) atoms. The van der Waals surface area contributed by atoms with Gasteiger partial charge in [0.15, 0.2) is 0 Å². The smallest absolute Gasteiger partial charge is 0.449 e. The second-order valence-corrected chi connectivity index (χ2v) is 9.21. The molecule has 0 radical (unpaired) electrons. The Bertz CT molecular complexity index is 1250. The Labute approximate surface area is 198 Å². The summed E-state index contributed by atoms with van der Waals surface area (Å²) in [7, 11) is 0. The first-order chi connectivity index (χ1) is 15.9. The Morgan fingerprint density at radius 1 is 1.21 bits per heavy atom. The number of alkyl halides is 3. The lowest BCUT2D eigenvalue weighted by molar-refractivity contribution is -0.137. The van der Waals surface area contributed by atoms with Gasteiger partial charge in [0.2, 0.25) is 5.88 Å². The van der Waals surface area contributed by atoms with Gasteiger partial charge in [0.05, 0.1) is 16.2 Å². The zero-order chi connectivity index (χ0) is 24.8. The van der Waals surface area contributed by atoms with Gasteiger partial charge in [-0.15, -0.1) is 0 Å². The fourth-order valence-electron chi connectivity index (χ4n) is 4.73. The summed E-state index contributed by atoms with van der Waals surface area (Å²) in [5.41, 5.74) is 1.22. The standard InChI is InChI=1S/C24H24ClF3N2O4/c1-13-9-14(2)20-16(21(34-22(31)32)29-19(20)10-13)12-30-7-5-23(33,6-8-30)15-3-4-18(25)17(11-15)24(26,27)28/h3-4,9-11,29,33H,5-8,12H2,1-2H3,(H,31,32). The molecule has 0 saturated carbocycles. The number of aromatic nitrogens is 1. The molecule has 0 aliphatic carbocycles. The zero-order valence-corrected chi connectivity index (χ0v) is 19.3.